The molecule has 0 fully saturated rings. The standard InChI is InChI=1S/C6H2Cl2F2N2O4S/c7-5-3(17(8,15)16)1-2(12(13)14)4(11-5)6(9)10/h1,6H. The summed E-state index contributed by atoms with van der Waals surface area (Å²) in [5.41, 5.74) is -2.38. The van der Waals surface area contributed by atoms with Gasteiger partial charge in [-0.3, -0.25) is 10.1 Å². The van der Waals surface area contributed by atoms with Crippen LogP contribution in [-0.4, -0.2) is 18.3 Å². The van der Waals surface area contributed by atoms with Crippen molar-refractivity contribution in [2.45, 2.75) is 11.3 Å². The maximum Gasteiger partial charge on any atom is 0.298 e. The molecule has 0 saturated heterocycles. The predicted molar refractivity (Wildman–Crippen MR) is 53.9 cm³/mol. The van der Waals surface area contributed by atoms with E-state index in [0.29, 0.717) is 6.07 Å². The molecule has 1 heterocycles. The number of alkyl halides is 2. The number of hydrogen-bond donors (Lipinski definition) is 0. The SMILES string of the molecule is O=[N+]([O-])c1cc(S(=O)(=O)Cl)c(Cl)nc1C(F)F. The van der Waals surface area contributed by atoms with Crippen molar-refractivity contribution in [2.24, 2.45) is 0 Å². The van der Waals surface area contributed by atoms with Gasteiger partial charge in [0.1, 0.15) is 10.0 Å². The monoisotopic (exact) mass is 306 g/mol. The lowest BCUT2D eigenvalue weighted by Gasteiger charge is -2.04. The summed E-state index contributed by atoms with van der Waals surface area (Å²) in [6.45, 7) is 0. The molecular formula is C6H2Cl2F2N2O4S. The number of nitrogens with zero attached hydrogens (tertiary/aromatic N) is 2. The largest absolute Gasteiger partial charge is 0.298 e. The maximum atomic E-state index is 12.4. The Hall–Kier alpha value is -1.06. The molecule has 1 aromatic heterocycles. The van der Waals surface area contributed by atoms with Gasteiger partial charge in [-0.1, -0.05) is 11.6 Å². The van der Waals surface area contributed by atoms with Crippen LogP contribution >= 0.6 is 22.3 Å². The zero-order chi connectivity index (χ0) is 13.4. The van der Waals surface area contributed by atoms with Crippen LogP contribution in [0.15, 0.2) is 11.0 Å². The van der Waals surface area contributed by atoms with Crippen molar-refractivity contribution >= 4 is 37.0 Å². The summed E-state index contributed by atoms with van der Waals surface area (Å²) in [5, 5.41) is 9.62. The third-order valence-electron chi connectivity index (χ3n) is 1.62. The van der Waals surface area contributed by atoms with Gasteiger partial charge in [0.05, 0.1) is 4.92 Å². The van der Waals surface area contributed by atoms with Crippen LogP contribution < -0.4 is 0 Å². The number of pyridine rings is 1. The van der Waals surface area contributed by atoms with Crippen molar-refractivity contribution in [3.8, 4) is 0 Å². The summed E-state index contributed by atoms with van der Waals surface area (Å²) in [5.74, 6) is 0. The van der Waals surface area contributed by atoms with Gasteiger partial charge in [-0.05, 0) is 0 Å². The van der Waals surface area contributed by atoms with E-state index < -0.39 is 41.8 Å². The van der Waals surface area contributed by atoms with E-state index in [4.69, 9.17) is 22.3 Å². The van der Waals surface area contributed by atoms with Crippen LogP contribution in [0.3, 0.4) is 0 Å². The van der Waals surface area contributed by atoms with Gasteiger partial charge in [-0.15, -0.1) is 0 Å². The first-order valence-electron chi connectivity index (χ1n) is 3.72. The molecule has 94 valence electrons. The fourth-order valence-corrected chi connectivity index (χ4v) is 2.37. The average Bonchev–Trinajstić information content (AvgIpc) is 2.14. The minimum Gasteiger partial charge on any atom is -0.258 e. The van der Waals surface area contributed by atoms with E-state index in [2.05, 4.69) is 4.98 Å². The predicted octanol–water partition coefficient (Wildman–Crippen LogP) is 2.51. The molecule has 0 saturated carbocycles. The Labute approximate surface area is 103 Å². The Morgan fingerprint density at radius 1 is 1.47 bits per heavy atom. The normalized spacial score (nSPS) is 11.8. The van der Waals surface area contributed by atoms with Gasteiger partial charge in [0, 0.05) is 16.7 Å². The molecule has 0 amide bonds. The lowest BCUT2D eigenvalue weighted by Crippen LogP contribution is -2.04. The molecule has 6 nitrogen and oxygen atoms in total. The Balaban J connectivity index is 3.63. The molecular weight excluding hydrogens is 305 g/mol. The molecule has 0 aliphatic rings. The van der Waals surface area contributed by atoms with Crippen LogP contribution in [0, 0.1) is 10.1 Å². The highest BCUT2D eigenvalue weighted by Gasteiger charge is 2.29. The van der Waals surface area contributed by atoms with E-state index in [1.54, 1.807) is 0 Å². The number of halogens is 4. The number of aromatic nitrogens is 1. The van der Waals surface area contributed by atoms with E-state index in [9.17, 15) is 27.3 Å². The van der Waals surface area contributed by atoms with E-state index in [1.807, 2.05) is 0 Å². The van der Waals surface area contributed by atoms with Crippen LogP contribution in [0.4, 0.5) is 14.5 Å². The van der Waals surface area contributed by atoms with Crippen molar-refractivity contribution in [3.05, 3.63) is 27.0 Å². The van der Waals surface area contributed by atoms with Crippen molar-refractivity contribution in [3.63, 3.8) is 0 Å². The number of nitro groups is 1. The van der Waals surface area contributed by atoms with Gasteiger partial charge in [-0.25, -0.2) is 22.2 Å². The molecule has 1 aromatic rings. The third kappa shape index (κ3) is 2.99. The fraction of sp³-hybridized carbons (Fsp3) is 0.167. The maximum absolute atomic E-state index is 12.4. The smallest absolute Gasteiger partial charge is 0.258 e. The highest BCUT2D eigenvalue weighted by Crippen LogP contribution is 2.33. The topological polar surface area (TPSA) is 90.2 Å². The van der Waals surface area contributed by atoms with Gasteiger partial charge >= 0.3 is 0 Å². The molecule has 0 N–H and O–H groups in total. The van der Waals surface area contributed by atoms with Gasteiger partial charge < -0.3 is 0 Å². The first-order chi connectivity index (χ1) is 7.64. The lowest BCUT2D eigenvalue weighted by atomic mass is 10.3. The van der Waals surface area contributed by atoms with Crippen molar-refractivity contribution in [1.82, 2.24) is 4.98 Å². The van der Waals surface area contributed by atoms with Gasteiger partial charge in [-0.2, -0.15) is 0 Å². The van der Waals surface area contributed by atoms with E-state index in [0.717, 1.165) is 0 Å². The molecule has 0 aliphatic carbocycles. The second-order valence-corrected chi connectivity index (χ2v) is 5.57. The van der Waals surface area contributed by atoms with Crippen molar-refractivity contribution in [1.29, 1.82) is 0 Å². The van der Waals surface area contributed by atoms with Crippen LogP contribution in [-0.2, 0) is 9.05 Å². The highest BCUT2D eigenvalue weighted by molar-refractivity contribution is 8.13. The quantitative estimate of drug-likeness (QED) is 0.370. The van der Waals surface area contributed by atoms with Gasteiger partial charge in [0.15, 0.2) is 5.69 Å². The van der Waals surface area contributed by atoms with Crippen molar-refractivity contribution < 1.29 is 22.1 Å². The number of rotatable bonds is 3. The second kappa shape index (κ2) is 4.67. The van der Waals surface area contributed by atoms with Crippen LogP contribution in [0.25, 0.3) is 0 Å². The summed E-state index contributed by atoms with van der Waals surface area (Å²) in [4.78, 5) is 11.3. The summed E-state index contributed by atoms with van der Waals surface area (Å²) in [7, 11) is 0.507. The Morgan fingerprint density at radius 3 is 2.35 bits per heavy atom. The summed E-state index contributed by atoms with van der Waals surface area (Å²) in [6.07, 6.45) is -3.26. The number of hydrogen-bond acceptors (Lipinski definition) is 5. The second-order valence-electron chi connectivity index (χ2n) is 2.68. The van der Waals surface area contributed by atoms with E-state index >= 15 is 0 Å². The Bertz CT molecular complexity index is 578. The van der Waals surface area contributed by atoms with Crippen LogP contribution in [0.5, 0.6) is 0 Å². The molecule has 0 spiro atoms. The van der Waals surface area contributed by atoms with Gasteiger partial charge in [0.2, 0.25) is 0 Å². The first-order valence-corrected chi connectivity index (χ1v) is 6.41. The fourth-order valence-electron chi connectivity index (χ4n) is 0.954. The summed E-state index contributed by atoms with van der Waals surface area (Å²) >= 11 is 5.30. The van der Waals surface area contributed by atoms with Crippen LogP contribution in [0.2, 0.25) is 5.15 Å². The zero-order valence-electron chi connectivity index (χ0n) is 7.60. The molecule has 11 heteroatoms. The Morgan fingerprint density at radius 2 is 2.00 bits per heavy atom. The highest BCUT2D eigenvalue weighted by atomic mass is 35.7. The zero-order valence-corrected chi connectivity index (χ0v) is 9.93. The van der Waals surface area contributed by atoms with Gasteiger partial charge in [0.25, 0.3) is 21.2 Å². The molecule has 0 aromatic carbocycles. The molecule has 0 radical (unpaired) electrons. The van der Waals surface area contributed by atoms with Crippen molar-refractivity contribution in [2.75, 3.05) is 0 Å². The first kappa shape index (κ1) is 14.0. The van der Waals surface area contributed by atoms with E-state index in [-0.39, 0.29) is 0 Å². The van der Waals surface area contributed by atoms with E-state index in [1.165, 1.54) is 0 Å². The molecule has 0 aliphatic heterocycles. The lowest BCUT2D eigenvalue weighted by molar-refractivity contribution is -0.386. The molecule has 0 atom stereocenters. The minimum atomic E-state index is -4.40. The molecule has 17 heavy (non-hydrogen) atoms. The minimum absolute atomic E-state index is 0.346. The van der Waals surface area contributed by atoms with Crippen LogP contribution in [0.1, 0.15) is 12.1 Å². The molecule has 0 bridgehead atoms. The molecule has 1 rings (SSSR count). The third-order valence-corrected chi connectivity index (χ3v) is 3.35. The average molecular weight is 307 g/mol. The molecule has 0 unspecified atom stereocenters. The Kier molecular flexibility index (Phi) is 3.84. The summed E-state index contributed by atoms with van der Waals surface area (Å²) < 4.78 is 46.7. The summed E-state index contributed by atoms with van der Waals surface area (Å²) in [6, 6.07) is 0.346.